The predicted molar refractivity (Wildman–Crippen MR) is 57.2 cm³/mol. The van der Waals surface area contributed by atoms with Crippen molar-refractivity contribution in [2.75, 3.05) is 0 Å². The summed E-state index contributed by atoms with van der Waals surface area (Å²) in [6, 6.07) is 8.31. The van der Waals surface area contributed by atoms with Gasteiger partial charge in [-0.15, -0.1) is 0 Å². The smallest absolute Gasteiger partial charge is 0.123 e. The summed E-state index contributed by atoms with van der Waals surface area (Å²) in [5.41, 5.74) is 2.24. The molecule has 2 rings (SSSR count). The molecule has 4 heteroatoms. The van der Waals surface area contributed by atoms with Crippen molar-refractivity contribution in [3.05, 3.63) is 53.1 Å². The minimum Gasteiger partial charge on any atom is -0.267 e. The Bertz CT molecular complexity index is 534. The van der Waals surface area contributed by atoms with Crippen LogP contribution >= 0.6 is 0 Å². The van der Waals surface area contributed by atoms with Crippen LogP contribution in [0.4, 0.5) is 4.39 Å². The first-order valence-electron chi connectivity index (χ1n) is 4.87. The fraction of sp³-hybridized carbons (Fsp3) is 0.167. The third-order valence-electron chi connectivity index (χ3n) is 2.32. The van der Waals surface area contributed by atoms with Crippen molar-refractivity contribution in [3.8, 4) is 6.07 Å². The van der Waals surface area contributed by atoms with E-state index in [9.17, 15) is 4.39 Å². The van der Waals surface area contributed by atoms with E-state index in [0.29, 0.717) is 17.8 Å². The summed E-state index contributed by atoms with van der Waals surface area (Å²) in [7, 11) is 0. The van der Waals surface area contributed by atoms with Gasteiger partial charge >= 0.3 is 0 Å². The van der Waals surface area contributed by atoms with Crippen molar-refractivity contribution in [2.24, 2.45) is 0 Å². The predicted octanol–water partition coefficient (Wildman–Crippen LogP) is 2.25. The van der Waals surface area contributed by atoms with E-state index in [1.807, 2.05) is 0 Å². The highest BCUT2D eigenvalue weighted by atomic mass is 19.1. The highest BCUT2D eigenvalue weighted by molar-refractivity contribution is 5.30. The van der Waals surface area contributed by atoms with Crippen LogP contribution < -0.4 is 0 Å². The Hall–Kier alpha value is -2.15. The topological polar surface area (TPSA) is 41.6 Å². The Balaban J connectivity index is 2.21. The summed E-state index contributed by atoms with van der Waals surface area (Å²) < 4.78 is 14.4. The van der Waals surface area contributed by atoms with Gasteiger partial charge in [0, 0.05) is 6.20 Å². The zero-order valence-corrected chi connectivity index (χ0v) is 8.81. The Labute approximate surface area is 92.7 Å². The molecule has 0 spiro atoms. The van der Waals surface area contributed by atoms with Crippen LogP contribution in [0, 0.1) is 24.1 Å². The van der Waals surface area contributed by atoms with Crippen LogP contribution in [0.1, 0.15) is 16.8 Å². The molecule has 0 fully saturated rings. The molecule has 3 nitrogen and oxygen atoms in total. The van der Waals surface area contributed by atoms with Crippen molar-refractivity contribution < 1.29 is 4.39 Å². The second kappa shape index (κ2) is 4.15. The average Bonchev–Trinajstić information content (AvgIpc) is 2.62. The molecular formula is C12H10FN3. The van der Waals surface area contributed by atoms with Crippen molar-refractivity contribution in [2.45, 2.75) is 13.5 Å². The van der Waals surface area contributed by atoms with Gasteiger partial charge in [-0.05, 0) is 24.6 Å². The van der Waals surface area contributed by atoms with Crippen LogP contribution in [0.2, 0.25) is 0 Å². The zero-order chi connectivity index (χ0) is 11.5. The number of benzene rings is 1. The van der Waals surface area contributed by atoms with Gasteiger partial charge in [-0.25, -0.2) is 4.39 Å². The molecule has 2 aromatic rings. The quantitative estimate of drug-likeness (QED) is 0.771. The lowest BCUT2D eigenvalue weighted by Gasteiger charge is -2.00. The Kier molecular flexibility index (Phi) is 2.69. The lowest BCUT2D eigenvalue weighted by Crippen LogP contribution is -2.00. The molecule has 0 atom stereocenters. The van der Waals surface area contributed by atoms with Crippen LogP contribution in [0.25, 0.3) is 0 Å². The first-order chi connectivity index (χ1) is 7.69. The molecule has 0 radical (unpaired) electrons. The standard InChI is InChI=1S/C12H10FN3/c1-9-11(6-14)8-16(15-9)7-10-2-4-12(13)5-3-10/h2-5,8H,7H2,1H3. The molecule has 16 heavy (non-hydrogen) atoms. The van der Waals surface area contributed by atoms with Gasteiger partial charge in [0.05, 0.1) is 17.8 Å². The summed E-state index contributed by atoms with van der Waals surface area (Å²) in [6.45, 7) is 2.34. The van der Waals surface area contributed by atoms with E-state index in [1.54, 1.807) is 29.9 Å². The van der Waals surface area contributed by atoms with E-state index in [-0.39, 0.29) is 5.82 Å². The molecular weight excluding hydrogens is 205 g/mol. The Morgan fingerprint density at radius 2 is 2.06 bits per heavy atom. The summed E-state index contributed by atoms with van der Waals surface area (Å²) in [5.74, 6) is -0.252. The maximum Gasteiger partial charge on any atom is 0.123 e. The van der Waals surface area contributed by atoms with Crippen LogP contribution in [-0.4, -0.2) is 9.78 Å². The molecule has 1 aromatic heterocycles. The van der Waals surface area contributed by atoms with Gasteiger partial charge in [-0.1, -0.05) is 12.1 Å². The highest BCUT2D eigenvalue weighted by Gasteiger charge is 2.04. The maximum absolute atomic E-state index is 12.7. The Morgan fingerprint density at radius 1 is 1.38 bits per heavy atom. The highest BCUT2D eigenvalue weighted by Crippen LogP contribution is 2.08. The molecule has 0 saturated heterocycles. The number of aryl methyl sites for hydroxylation is 1. The number of nitrogens with zero attached hydrogens (tertiary/aromatic N) is 3. The van der Waals surface area contributed by atoms with Gasteiger partial charge in [-0.3, -0.25) is 4.68 Å². The monoisotopic (exact) mass is 215 g/mol. The van der Waals surface area contributed by atoms with Gasteiger partial charge in [-0.2, -0.15) is 10.4 Å². The molecule has 0 aliphatic carbocycles. The van der Waals surface area contributed by atoms with Crippen LogP contribution in [0.3, 0.4) is 0 Å². The zero-order valence-electron chi connectivity index (χ0n) is 8.81. The van der Waals surface area contributed by atoms with Crippen molar-refractivity contribution >= 4 is 0 Å². The molecule has 0 aliphatic rings. The number of rotatable bonds is 2. The molecule has 0 amide bonds. The van der Waals surface area contributed by atoms with Crippen molar-refractivity contribution in [1.29, 1.82) is 5.26 Å². The maximum atomic E-state index is 12.7. The van der Waals surface area contributed by atoms with E-state index >= 15 is 0 Å². The van der Waals surface area contributed by atoms with Crippen molar-refractivity contribution in [1.82, 2.24) is 9.78 Å². The van der Waals surface area contributed by atoms with Gasteiger partial charge in [0.15, 0.2) is 0 Å². The number of hydrogen-bond donors (Lipinski definition) is 0. The molecule has 0 aliphatic heterocycles. The molecule has 0 saturated carbocycles. The lowest BCUT2D eigenvalue weighted by molar-refractivity contribution is 0.624. The van der Waals surface area contributed by atoms with E-state index < -0.39 is 0 Å². The van der Waals surface area contributed by atoms with E-state index in [0.717, 1.165) is 5.56 Å². The Morgan fingerprint density at radius 3 is 2.62 bits per heavy atom. The van der Waals surface area contributed by atoms with E-state index in [2.05, 4.69) is 11.2 Å². The number of halogens is 1. The summed E-state index contributed by atoms with van der Waals surface area (Å²) in [6.07, 6.45) is 1.69. The van der Waals surface area contributed by atoms with Gasteiger partial charge in [0.25, 0.3) is 0 Å². The molecule has 80 valence electrons. The van der Waals surface area contributed by atoms with Gasteiger partial charge in [0.1, 0.15) is 11.9 Å². The van der Waals surface area contributed by atoms with Crippen LogP contribution in [-0.2, 0) is 6.54 Å². The molecule has 0 bridgehead atoms. The van der Waals surface area contributed by atoms with Crippen molar-refractivity contribution in [3.63, 3.8) is 0 Å². The lowest BCUT2D eigenvalue weighted by atomic mass is 10.2. The van der Waals surface area contributed by atoms with Crippen LogP contribution in [0.15, 0.2) is 30.5 Å². The molecule has 1 aromatic carbocycles. The van der Waals surface area contributed by atoms with E-state index in [1.165, 1.54) is 12.1 Å². The SMILES string of the molecule is Cc1nn(Cc2ccc(F)cc2)cc1C#N. The average molecular weight is 215 g/mol. The molecule has 0 unspecified atom stereocenters. The minimum absolute atomic E-state index is 0.252. The second-order valence-electron chi connectivity index (χ2n) is 3.56. The fourth-order valence-corrected chi connectivity index (χ4v) is 1.49. The first-order valence-corrected chi connectivity index (χ1v) is 4.87. The fourth-order valence-electron chi connectivity index (χ4n) is 1.49. The third-order valence-corrected chi connectivity index (χ3v) is 2.32. The van der Waals surface area contributed by atoms with Gasteiger partial charge in [0.2, 0.25) is 0 Å². The number of nitriles is 1. The number of hydrogen-bond acceptors (Lipinski definition) is 2. The third kappa shape index (κ3) is 2.09. The first kappa shape index (κ1) is 10.4. The summed E-state index contributed by atoms with van der Waals surface area (Å²) in [5, 5.41) is 13.0. The van der Waals surface area contributed by atoms with E-state index in [4.69, 9.17) is 5.26 Å². The normalized spacial score (nSPS) is 10.1. The summed E-state index contributed by atoms with van der Waals surface area (Å²) in [4.78, 5) is 0. The molecule has 1 heterocycles. The molecule has 0 N–H and O–H groups in total. The summed E-state index contributed by atoms with van der Waals surface area (Å²) >= 11 is 0. The minimum atomic E-state index is -0.252. The van der Waals surface area contributed by atoms with Gasteiger partial charge < -0.3 is 0 Å². The largest absolute Gasteiger partial charge is 0.267 e. The van der Waals surface area contributed by atoms with Crippen LogP contribution in [0.5, 0.6) is 0 Å². The second-order valence-corrected chi connectivity index (χ2v) is 3.56. The number of aromatic nitrogens is 2.